The highest BCUT2D eigenvalue weighted by Crippen LogP contribution is 2.42. The number of aromatic nitrogens is 4. The molecule has 3 aliphatic rings. The number of aromatic amines is 1. The van der Waals surface area contributed by atoms with Crippen LogP contribution in [0.1, 0.15) is 105 Å². The number of nitrogens with one attached hydrogen (secondary N) is 5. The molecule has 2 heterocycles. The lowest BCUT2D eigenvalue weighted by molar-refractivity contribution is -0.145. The van der Waals surface area contributed by atoms with Crippen molar-refractivity contribution in [1.82, 2.24) is 46.8 Å². The normalized spacial score (nSPS) is 22.1. The summed E-state index contributed by atoms with van der Waals surface area (Å²) in [5.41, 5.74) is 0. The molecule has 2 saturated carbocycles. The Balaban J connectivity index is 1.41. The maximum absolute atomic E-state index is 14.2. The van der Waals surface area contributed by atoms with Crippen molar-refractivity contribution in [3.8, 4) is 0 Å². The average Bonchev–Trinajstić information content (AvgIpc) is 3.38. The summed E-state index contributed by atoms with van der Waals surface area (Å²) in [6.07, 6.45) is 7.29. The molecule has 0 bridgehead atoms. The van der Waals surface area contributed by atoms with Crippen molar-refractivity contribution < 1.29 is 28.8 Å². The fourth-order valence-electron chi connectivity index (χ4n) is 6.90. The summed E-state index contributed by atoms with van der Waals surface area (Å²) >= 11 is 0. The van der Waals surface area contributed by atoms with Crippen LogP contribution in [0, 0.1) is 23.7 Å². The number of rotatable bonds is 18. The molecule has 1 saturated heterocycles. The number of H-pyrrole nitrogens is 1. The Morgan fingerprint density at radius 2 is 1.65 bits per heavy atom. The van der Waals surface area contributed by atoms with E-state index in [1.807, 2.05) is 34.6 Å². The van der Waals surface area contributed by atoms with Crippen molar-refractivity contribution in [3.63, 3.8) is 0 Å². The van der Waals surface area contributed by atoms with Gasteiger partial charge in [0.05, 0.1) is 6.04 Å². The van der Waals surface area contributed by atoms with Crippen LogP contribution < -0.4 is 21.3 Å². The Kier molecular flexibility index (Phi) is 13.0. The third-order valence-electron chi connectivity index (χ3n) is 9.74. The Hall–Kier alpha value is -3.91. The van der Waals surface area contributed by atoms with Crippen molar-refractivity contribution in [2.24, 2.45) is 23.7 Å². The average molecular weight is 672 g/mol. The first-order valence-electron chi connectivity index (χ1n) is 17.7. The van der Waals surface area contributed by atoms with Gasteiger partial charge in [0.1, 0.15) is 23.9 Å². The second-order valence-corrected chi connectivity index (χ2v) is 14.3. The molecule has 0 aromatic carbocycles. The van der Waals surface area contributed by atoms with Gasteiger partial charge in [-0.3, -0.25) is 28.8 Å². The van der Waals surface area contributed by atoms with Gasteiger partial charge in [-0.05, 0) is 79.0 Å². The number of fused-ring (bicyclic) bond motifs is 1. The molecular formula is C33H53N9O6. The first kappa shape index (κ1) is 36.9. The van der Waals surface area contributed by atoms with Crippen LogP contribution in [0.15, 0.2) is 0 Å². The molecule has 5 N–H and O–H groups in total. The van der Waals surface area contributed by atoms with Crippen LogP contribution in [-0.4, -0.2) is 97.6 Å². The number of aryl methyl sites for hydroxylation is 1. The van der Waals surface area contributed by atoms with Gasteiger partial charge in [-0.15, -0.1) is 5.10 Å². The van der Waals surface area contributed by atoms with E-state index in [-0.39, 0.29) is 47.9 Å². The molecule has 1 aromatic rings. The molecule has 4 rings (SSSR count). The quantitative estimate of drug-likeness (QED) is 0.111. The number of ketones is 1. The lowest BCUT2D eigenvalue weighted by atomic mass is 9.92. The highest BCUT2D eigenvalue weighted by Gasteiger charge is 2.51. The number of carbonyl (C=O) groups is 6. The zero-order chi connectivity index (χ0) is 35.0. The number of tetrazole rings is 1. The fraction of sp³-hybridized carbons (Fsp3) is 0.788. The van der Waals surface area contributed by atoms with Crippen molar-refractivity contribution in [1.29, 1.82) is 0 Å². The molecule has 6 atom stereocenters. The molecule has 2 aliphatic carbocycles. The topological polar surface area (TPSA) is 208 Å². The third kappa shape index (κ3) is 9.59. The van der Waals surface area contributed by atoms with Gasteiger partial charge in [0.2, 0.25) is 29.4 Å². The zero-order valence-electron chi connectivity index (χ0n) is 28.9. The Labute approximate surface area is 282 Å². The largest absolute Gasteiger partial charge is 0.347 e. The first-order valence-corrected chi connectivity index (χ1v) is 17.7. The van der Waals surface area contributed by atoms with Crippen LogP contribution in [-0.2, 0) is 35.2 Å². The third-order valence-corrected chi connectivity index (χ3v) is 9.74. The van der Waals surface area contributed by atoms with Gasteiger partial charge in [0.25, 0.3) is 5.91 Å². The van der Waals surface area contributed by atoms with Crippen LogP contribution in [0.4, 0.5) is 0 Å². The molecular weight excluding hydrogens is 618 g/mol. The number of nitrogens with zero attached hydrogens (tertiary/aromatic N) is 4. The maximum atomic E-state index is 14.2. The number of amides is 5. The summed E-state index contributed by atoms with van der Waals surface area (Å²) in [6.45, 7) is 9.57. The van der Waals surface area contributed by atoms with Gasteiger partial charge in [-0.25, -0.2) is 5.10 Å². The Bertz CT molecular complexity index is 1300. The summed E-state index contributed by atoms with van der Waals surface area (Å²) in [5.74, 6) is -2.74. The molecule has 15 nitrogen and oxygen atoms in total. The molecule has 266 valence electrons. The fourth-order valence-corrected chi connectivity index (χ4v) is 6.90. The van der Waals surface area contributed by atoms with E-state index in [4.69, 9.17) is 0 Å². The van der Waals surface area contributed by atoms with E-state index in [1.54, 1.807) is 4.90 Å². The van der Waals surface area contributed by atoms with E-state index in [2.05, 4.69) is 41.9 Å². The van der Waals surface area contributed by atoms with Gasteiger partial charge in [0.15, 0.2) is 0 Å². The SMILES string of the molecule is CCCC(NC(=O)[C@@H]1[C@H]2CCC[C@H]2CN1C(=O)[C@@H](NC(=O)[C@H](NC(=O)CCCCc1nnn[nH]1)C(C)C)C(C)C)C(=O)C(=O)NC1CC1. The molecule has 3 fully saturated rings. The predicted molar refractivity (Wildman–Crippen MR) is 175 cm³/mol. The summed E-state index contributed by atoms with van der Waals surface area (Å²) in [7, 11) is 0. The van der Waals surface area contributed by atoms with Crippen molar-refractivity contribution in [2.45, 2.75) is 135 Å². The monoisotopic (exact) mass is 671 g/mol. The Morgan fingerprint density at radius 3 is 2.27 bits per heavy atom. The summed E-state index contributed by atoms with van der Waals surface area (Å²) in [5, 5.41) is 24.9. The molecule has 5 amide bonds. The molecule has 1 aromatic heterocycles. The van der Waals surface area contributed by atoms with E-state index >= 15 is 0 Å². The molecule has 15 heteroatoms. The highest BCUT2D eigenvalue weighted by atomic mass is 16.2. The van der Waals surface area contributed by atoms with Gasteiger partial charge >= 0.3 is 0 Å². The van der Waals surface area contributed by atoms with E-state index in [9.17, 15) is 28.8 Å². The highest BCUT2D eigenvalue weighted by molar-refractivity contribution is 6.38. The van der Waals surface area contributed by atoms with Crippen molar-refractivity contribution in [2.75, 3.05) is 6.54 Å². The molecule has 48 heavy (non-hydrogen) atoms. The smallest absolute Gasteiger partial charge is 0.289 e. The summed E-state index contributed by atoms with van der Waals surface area (Å²) in [6, 6.07) is -3.56. The van der Waals surface area contributed by atoms with E-state index < -0.39 is 47.7 Å². The number of unbranched alkanes of at least 4 members (excludes halogenated alkanes) is 1. The molecule has 1 unspecified atom stereocenters. The second-order valence-electron chi connectivity index (χ2n) is 14.3. The number of hydrogen-bond acceptors (Lipinski definition) is 9. The predicted octanol–water partition coefficient (Wildman–Crippen LogP) is 0.954. The lowest BCUT2D eigenvalue weighted by Crippen LogP contribution is -2.60. The van der Waals surface area contributed by atoms with E-state index in [0.717, 1.165) is 32.1 Å². The summed E-state index contributed by atoms with van der Waals surface area (Å²) in [4.78, 5) is 81.7. The molecule has 1 aliphatic heterocycles. The van der Waals surface area contributed by atoms with Gasteiger partial charge < -0.3 is 26.2 Å². The number of hydrogen-bond donors (Lipinski definition) is 5. The van der Waals surface area contributed by atoms with Crippen LogP contribution in [0.3, 0.4) is 0 Å². The minimum atomic E-state index is -0.978. The second kappa shape index (κ2) is 17.0. The number of carbonyl (C=O) groups excluding carboxylic acids is 6. The van der Waals surface area contributed by atoms with Gasteiger partial charge in [0, 0.05) is 25.4 Å². The first-order chi connectivity index (χ1) is 22.9. The van der Waals surface area contributed by atoms with Crippen molar-refractivity contribution >= 4 is 35.3 Å². The van der Waals surface area contributed by atoms with E-state index in [0.29, 0.717) is 44.5 Å². The molecule has 0 spiro atoms. The van der Waals surface area contributed by atoms with Crippen LogP contribution in [0.2, 0.25) is 0 Å². The minimum absolute atomic E-state index is 0.0159. The standard InChI is InChI=1S/C33H53N9O6/c1-6-10-23(29(44)32(47)34-21-15-16-21)35-31(46)28-22-12-9-11-20(22)17-42(28)33(48)27(19(4)5)37-30(45)26(18(2)3)36-25(43)14-8-7-13-24-38-40-41-39-24/h18-23,26-28H,6-17H2,1-5H3,(H,34,47)(H,35,46)(H,36,43)(H,37,45)(H,38,39,40,41)/t20-,22-,23?,26+,27-,28-/m0/s1. The van der Waals surface area contributed by atoms with Gasteiger partial charge in [-0.2, -0.15) is 0 Å². The molecule has 0 radical (unpaired) electrons. The van der Waals surface area contributed by atoms with Crippen LogP contribution in [0.5, 0.6) is 0 Å². The number of Topliss-reactive ketones (excluding diaryl/α,β-unsaturated/α-hetero) is 1. The summed E-state index contributed by atoms with van der Waals surface area (Å²) < 4.78 is 0. The maximum Gasteiger partial charge on any atom is 0.289 e. The Morgan fingerprint density at radius 1 is 0.917 bits per heavy atom. The van der Waals surface area contributed by atoms with Gasteiger partial charge in [-0.1, -0.05) is 47.5 Å². The zero-order valence-corrected chi connectivity index (χ0v) is 28.9. The van der Waals surface area contributed by atoms with Crippen molar-refractivity contribution in [3.05, 3.63) is 5.82 Å². The lowest BCUT2D eigenvalue weighted by Gasteiger charge is -2.34. The minimum Gasteiger partial charge on any atom is -0.347 e. The van der Waals surface area contributed by atoms with Crippen LogP contribution >= 0.6 is 0 Å². The van der Waals surface area contributed by atoms with Crippen LogP contribution in [0.25, 0.3) is 0 Å². The van der Waals surface area contributed by atoms with E-state index in [1.165, 1.54) is 0 Å². The number of likely N-dealkylation sites (tertiary alicyclic amines) is 1.